The van der Waals surface area contributed by atoms with Crippen LogP contribution in [0.2, 0.25) is 0 Å². The minimum atomic E-state index is -0.910. The fourth-order valence-corrected chi connectivity index (χ4v) is 3.82. The molecule has 0 aliphatic carbocycles. The van der Waals surface area contributed by atoms with Gasteiger partial charge < -0.3 is 20.1 Å². The molecule has 2 aromatic rings. The van der Waals surface area contributed by atoms with Crippen LogP contribution in [0.25, 0.3) is 0 Å². The first kappa shape index (κ1) is 17.7. The summed E-state index contributed by atoms with van der Waals surface area (Å²) in [4.78, 5) is 18.9. The number of thiazole rings is 1. The molecule has 7 heteroatoms. The largest absolute Gasteiger partial charge is 0.497 e. The molecule has 1 fully saturated rings. The first-order valence-electron chi connectivity index (χ1n) is 8.28. The molecule has 3 rings (SSSR count). The molecule has 0 bridgehead atoms. The molecule has 1 aliphatic heterocycles. The summed E-state index contributed by atoms with van der Waals surface area (Å²) in [5.41, 5.74) is 0.383. The minimum absolute atomic E-state index is 0.122. The zero-order valence-electron chi connectivity index (χ0n) is 14.7. The first-order chi connectivity index (χ1) is 11.9. The molecule has 134 valence electrons. The number of benzene rings is 1. The first-order valence-corrected chi connectivity index (χ1v) is 9.16. The van der Waals surface area contributed by atoms with E-state index in [1.54, 1.807) is 31.2 Å². The van der Waals surface area contributed by atoms with Gasteiger partial charge in [0.1, 0.15) is 11.4 Å². The third kappa shape index (κ3) is 3.93. The summed E-state index contributed by atoms with van der Waals surface area (Å²) >= 11 is 1.39. The van der Waals surface area contributed by atoms with E-state index in [1.165, 1.54) is 11.3 Å². The van der Waals surface area contributed by atoms with E-state index in [-0.39, 0.29) is 11.9 Å². The van der Waals surface area contributed by atoms with Crippen LogP contribution in [0, 0.1) is 0 Å². The SMILES string of the molecule is COc1ccc(Nc2nc(C(=O)N3CCC[C@H]3C(C)(C)O)cs2)cc1. The van der Waals surface area contributed by atoms with Gasteiger partial charge in [0.25, 0.3) is 5.91 Å². The van der Waals surface area contributed by atoms with Crippen LogP contribution in [0.1, 0.15) is 37.2 Å². The van der Waals surface area contributed by atoms with Crippen molar-refractivity contribution >= 4 is 28.1 Å². The molecule has 1 aliphatic rings. The topological polar surface area (TPSA) is 74.7 Å². The van der Waals surface area contributed by atoms with E-state index < -0.39 is 5.60 Å². The van der Waals surface area contributed by atoms with Crippen LogP contribution >= 0.6 is 11.3 Å². The second-order valence-corrected chi connectivity index (χ2v) is 7.56. The molecule has 0 radical (unpaired) electrons. The van der Waals surface area contributed by atoms with Gasteiger partial charge in [-0.05, 0) is 51.0 Å². The molecule has 0 saturated carbocycles. The Hall–Kier alpha value is -2.12. The van der Waals surface area contributed by atoms with Gasteiger partial charge in [0.15, 0.2) is 5.13 Å². The van der Waals surface area contributed by atoms with Crippen molar-refractivity contribution in [1.82, 2.24) is 9.88 Å². The molecule has 2 heterocycles. The van der Waals surface area contributed by atoms with E-state index in [1.807, 2.05) is 24.3 Å². The van der Waals surface area contributed by atoms with Crippen LogP contribution in [0.4, 0.5) is 10.8 Å². The predicted molar refractivity (Wildman–Crippen MR) is 98.7 cm³/mol. The molecule has 1 aromatic carbocycles. The van der Waals surface area contributed by atoms with Crippen LogP contribution in [-0.2, 0) is 0 Å². The van der Waals surface area contributed by atoms with Crippen molar-refractivity contribution in [2.75, 3.05) is 19.0 Å². The fourth-order valence-electron chi connectivity index (χ4n) is 3.12. The monoisotopic (exact) mass is 361 g/mol. The lowest BCUT2D eigenvalue weighted by atomic mass is 9.96. The van der Waals surface area contributed by atoms with Crippen LogP contribution in [0.15, 0.2) is 29.6 Å². The highest BCUT2D eigenvalue weighted by atomic mass is 32.1. The van der Waals surface area contributed by atoms with E-state index in [9.17, 15) is 9.90 Å². The molecule has 1 aromatic heterocycles. The number of methoxy groups -OCH3 is 1. The maximum absolute atomic E-state index is 12.8. The molecule has 2 N–H and O–H groups in total. The lowest BCUT2D eigenvalue weighted by molar-refractivity contribution is 0.000156. The van der Waals surface area contributed by atoms with Crippen molar-refractivity contribution in [3.8, 4) is 5.75 Å². The lowest BCUT2D eigenvalue weighted by Crippen LogP contribution is -2.48. The number of amides is 1. The number of anilines is 2. The molecule has 0 spiro atoms. The van der Waals surface area contributed by atoms with E-state index in [0.29, 0.717) is 17.4 Å². The smallest absolute Gasteiger partial charge is 0.273 e. The van der Waals surface area contributed by atoms with Gasteiger partial charge in [0, 0.05) is 17.6 Å². The normalized spacial score (nSPS) is 17.6. The average molecular weight is 361 g/mol. The number of hydrogen-bond donors (Lipinski definition) is 2. The third-order valence-electron chi connectivity index (χ3n) is 4.39. The number of aromatic nitrogens is 1. The van der Waals surface area contributed by atoms with Gasteiger partial charge in [0.2, 0.25) is 0 Å². The Morgan fingerprint density at radius 1 is 1.40 bits per heavy atom. The number of carbonyl (C=O) groups is 1. The Bertz CT molecular complexity index is 737. The molecular weight excluding hydrogens is 338 g/mol. The van der Waals surface area contributed by atoms with Crippen LogP contribution < -0.4 is 10.1 Å². The molecular formula is C18H23N3O3S. The highest BCUT2D eigenvalue weighted by Crippen LogP contribution is 2.29. The summed E-state index contributed by atoms with van der Waals surface area (Å²) in [6, 6.07) is 7.35. The van der Waals surface area contributed by atoms with Crippen molar-refractivity contribution in [3.05, 3.63) is 35.3 Å². The number of aliphatic hydroxyl groups is 1. The van der Waals surface area contributed by atoms with Crippen molar-refractivity contribution in [1.29, 1.82) is 0 Å². The van der Waals surface area contributed by atoms with Crippen molar-refractivity contribution in [2.24, 2.45) is 0 Å². The Morgan fingerprint density at radius 2 is 2.12 bits per heavy atom. The molecule has 25 heavy (non-hydrogen) atoms. The zero-order chi connectivity index (χ0) is 18.0. The summed E-state index contributed by atoms with van der Waals surface area (Å²) in [5.74, 6) is 0.663. The molecule has 1 amide bonds. The van der Waals surface area contributed by atoms with Crippen molar-refractivity contribution in [3.63, 3.8) is 0 Å². The van der Waals surface area contributed by atoms with Crippen molar-refractivity contribution < 1.29 is 14.6 Å². The maximum atomic E-state index is 12.8. The number of carbonyl (C=O) groups excluding carboxylic acids is 1. The lowest BCUT2D eigenvalue weighted by Gasteiger charge is -2.33. The highest BCUT2D eigenvalue weighted by Gasteiger charge is 2.39. The third-order valence-corrected chi connectivity index (χ3v) is 5.15. The van der Waals surface area contributed by atoms with E-state index >= 15 is 0 Å². The number of nitrogens with zero attached hydrogens (tertiary/aromatic N) is 2. The summed E-state index contributed by atoms with van der Waals surface area (Å²) < 4.78 is 5.14. The minimum Gasteiger partial charge on any atom is -0.497 e. The maximum Gasteiger partial charge on any atom is 0.273 e. The summed E-state index contributed by atoms with van der Waals surface area (Å²) in [6.45, 7) is 4.16. The molecule has 1 saturated heterocycles. The van der Waals surface area contributed by atoms with Gasteiger partial charge in [-0.3, -0.25) is 4.79 Å². The predicted octanol–water partition coefficient (Wildman–Crippen LogP) is 3.27. The standard InChI is InChI=1S/C18H23N3O3S/c1-18(2,23)15-5-4-10-21(15)16(22)14-11-25-17(20-14)19-12-6-8-13(24-3)9-7-12/h6-9,11,15,23H,4-5,10H2,1-3H3,(H,19,20)/t15-/m0/s1. The van der Waals surface area contributed by atoms with Gasteiger partial charge in [-0.15, -0.1) is 11.3 Å². The average Bonchev–Trinajstić information content (AvgIpc) is 3.24. The van der Waals surface area contributed by atoms with Crippen molar-refractivity contribution in [2.45, 2.75) is 38.3 Å². The van der Waals surface area contributed by atoms with Gasteiger partial charge in [0.05, 0.1) is 18.8 Å². The Kier molecular flexibility index (Phi) is 4.96. The van der Waals surface area contributed by atoms with E-state index in [2.05, 4.69) is 10.3 Å². The zero-order valence-corrected chi connectivity index (χ0v) is 15.5. The Labute approximate surface area is 151 Å². The number of ether oxygens (including phenoxy) is 1. The number of likely N-dealkylation sites (tertiary alicyclic amines) is 1. The fraction of sp³-hybridized carbons (Fsp3) is 0.444. The summed E-state index contributed by atoms with van der Waals surface area (Å²) in [6.07, 6.45) is 1.72. The molecule has 1 atom stereocenters. The molecule has 6 nitrogen and oxygen atoms in total. The van der Waals surface area contributed by atoms with Gasteiger partial charge >= 0.3 is 0 Å². The second-order valence-electron chi connectivity index (χ2n) is 6.70. The summed E-state index contributed by atoms with van der Waals surface area (Å²) in [7, 11) is 1.63. The number of hydrogen-bond acceptors (Lipinski definition) is 6. The van der Waals surface area contributed by atoms with Gasteiger partial charge in [-0.2, -0.15) is 0 Å². The van der Waals surface area contributed by atoms with Gasteiger partial charge in [-0.25, -0.2) is 4.98 Å². The van der Waals surface area contributed by atoms with Crippen LogP contribution in [0.5, 0.6) is 5.75 Å². The quantitative estimate of drug-likeness (QED) is 0.855. The second kappa shape index (κ2) is 7.01. The Balaban J connectivity index is 1.71. The number of nitrogens with one attached hydrogen (secondary N) is 1. The van der Waals surface area contributed by atoms with Crippen LogP contribution in [-0.4, -0.2) is 46.2 Å². The molecule has 0 unspecified atom stereocenters. The number of rotatable bonds is 5. The van der Waals surface area contributed by atoms with Gasteiger partial charge in [-0.1, -0.05) is 0 Å². The Morgan fingerprint density at radius 3 is 2.76 bits per heavy atom. The highest BCUT2D eigenvalue weighted by molar-refractivity contribution is 7.14. The van der Waals surface area contributed by atoms with E-state index in [4.69, 9.17) is 4.74 Å². The van der Waals surface area contributed by atoms with Crippen LogP contribution in [0.3, 0.4) is 0 Å². The summed E-state index contributed by atoms with van der Waals surface area (Å²) in [5, 5.41) is 15.9. The van der Waals surface area contributed by atoms with E-state index in [0.717, 1.165) is 24.3 Å².